The standard InChI is InChI=1S/C30H26ClN3O3S/c1-36-24-13-7-12-21(27(24)37-2)22-17-23(19-9-4-3-5-10-19)34-30-25(22)26(32)28(38-30)29(35)33-15-14-18-8-6-11-20(31)16-18/h3-13,16-17H,14-15,32H2,1-2H3,(H,33,35). The van der Waals surface area contributed by atoms with Crippen LogP contribution in [0.3, 0.4) is 0 Å². The number of rotatable bonds is 8. The van der Waals surface area contributed by atoms with Gasteiger partial charge in [-0.15, -0.1) is 11.3 Å². The van der Waals surface area contributed by atoms with Crippen molar-refractivity contribution >= 4 is 44.7 Å². The van der Waals surface area contributed by atoms with Crippen LogP contribution < -0.4 is 20.5 Å². The molecule has 0 saturated heterocycles. The number of hydrogen-bond acceptors (Lipinski definition) is 6. The minimum absolute atomic E-state index is 0.239. The van der Waals surface area contributed by atoms with Crippen molar-refractivity contribution in [3.05, 3.63) is 94.3 Å². The number of nitrogens with zero attached hydrogens (tertiary/aromatic N) is 1. The Kier molecular flexibility index (Phi) is 7.49. The minimum atomic E-state index is -0.239. The van der Waals surface area contributed by atoms with Crippen LogP contribution in [-0.2, 0) is 6.42 Å². The molecule has 5 rings (SSSR count). The predicted octanol–water partition coefficient (Wildman–Crippen LogP) is 6.86. The molecular formula is C30H26ClN3O3S. The Labute approximate surface area is 230 Å². The van der Waals surface area contributed by atoms with E-state index in [9.17, 15) is 4.79 Å². The maximum atomic E-state index is 13.2. The van der Waals surface area contributed by atoms with Crippen molar-refractivity contribution in [2.24, 2.45) is 0 Å². The van der Waals surface area contributed by atoms with Gasteiger partial charge in [0.25, 0.3) is 5.91 Å². The number of nitrogen functional groups attached to an aromatic ring is 1. The summed E-state index contributed by atoms with van der Waals surface area (Å²) in [5.74, 6) is 0.945. The van der Waals surface area contributed by atoms with Crippen molar-refractivity contribution in [3.63, 3.8) is 0 Å². The number of halogens is 1. The topological polar surface area (TPSA) is 86.5 Å². The molecule has 192 valence electrons. The van der Waals surface area contributed by atoms with Crippen LogP contribution in [0.4, 0.5) is 5.69 Å². The number of hydrogen-bond donors (Lipinski definition) is 2. The van der Waals surface area contributed by atoms with Crippen molar-refractivity contribution in [1.82, 2.24) is 10.3 Å². The molecule has 0 aliphatic rings. The average molecular weight is 544 g/mol. The average Bonchev–Trinajstić information content (AvgIpc) is 3.28. The lowest BCUT2D eigenvalue weighted by atomic mass is 9.98. The first-order valence-electron chi connectivity index (χ1n) is 12.0. The number of aromatic nitrogens is 1. The highest BCUT2D eigenvalue weighted by molar-refractivity contribution is 7.21. The van der Waals surface area contributed by atoms with Gasteiger partial charge < -0.3 is 20.5 Å². The lowest BCUT2D eigenvalue weighted by Crippen LogP contribution is -2.25. The summed E-state index contributed by atoms with van der Waals surface area (Å²) >= 11 is 7.37. The molecule has 0 fully saturated rings. The van der Waals surface area contributed by atoms with E-state index in [0.29, 0.717) is 50.3 Å². The van der Waals surface area contributed by atoms with E-state index in [4.69, 9.17) is 31.8 Å². The molecule has 8 heteroatoms. The Morgan fingerprint density at radius 2 is 1.76 bits per heavy atom. The summed E-state index contributed by atoms with van der Waals surface area (Å²) in [7, 11) is 3.21. The molecule has 0 saturated carbocycles. The second kappa shape index (κ2) is 11.1. The van der Waals surface area contributed by atoms with Crippen molar-refractivity contribution in [2.45, 2.75) is 6.42 Å². The first kappa shape index (κ1) is 25.6. The number of pyridine rings is 1. The first-order chi connectivity index (χ1) is 18.5. The highest BCUT2D eigenvalue weighted by atomic mass is 35.5. The van der Waals surface area contributed by atoms with Gasteiger partial charge in [0, 0.05) is 33.6 Å². The number of ether oxygens (including phenoxy) is 2. The highest BCUT2D eigenvalue weighted by Crippen LogP contribution is 2.46. The van der Waals surface area contributed by atoms with Gasteiger partial charge in [-0.2, -0.15) is 0 Å². The van der Waals surface area contributed by atoms with Crippen LogP contribution in [0.2, 0.25) is 5.02 Å². The summed E-state index contributed by atoms with van der Waals surface area (Å²) in [4.78, 5) is 19.2. The number of para-hydroxylation sites is 1. The van der Waals surface area contributed by atoms with E-state index in [0.717, 1.165) is 27.9 Å². The zero-order valence-corrected chi connectivity index (χ0v) is 22.5. The summed E-state index contributed by atoms with van der Waals surface area (Å²) in [5.41, 5.74) is 11.4. The zero-order chi connectivity index (χ0) is 26.6. The van der Waals surface area contributed by atoms with Gasteiger partial charge in [-0.05, 0) is 36.2 Å². The summed E-state index contributed by atoms with van der Waals surface area (Å²) in [6, 6.07) is 25.2. The molecule has 2 heterocycles. The second-order valence-electron chi connectivity index (χ2n) is 8.62. The first-order valence-corrected chi connectivity index (χ1v) is 13.2. The monoisotopic (exact) mass is 543 g/mol. The highest BCUT2D eigenvalue weighted by Gasteiger charge is 2.23. The van der Waals surface area contributed by atoms with Crippen LogP contribution in [0.5, 0.6) is 11.5 Å². The van der Waals surface area contributed by atoms with Crippen molar-refractivity contribution in [2.75, 3.05) is 26.5 Å². The van der Waals surface area contributed by atoms with Gasteiger partial charge in [0.15, 0.2) is 11.5 Å². The van der Waals surface area contributed by atoms with Gasteiger partial charge in [-0.25, -0.2) is 4.98 Å². The van der Waals surface area contributed by atoms with E-state index >= 15 is 0 Å². The fourth-order valence-corrected chi connectivity index (χ4v) is 5.70. The molecule has 0 unspecified atom stereocenters. The summed E-state index contributed by atoms with van der Waals surface area (Å²) in [6.45, 7) is 0.451. The number of carbonyl (C=O) groups excluding carboxylic acids is 1. The maximum absolute atomic E-state index is 13.2. The molecule has 0 aliphatic heterocycles. The van der Waals surface area contributed by atoms with Gasteiger partial charge >= 0.3 is 0 Å². The lowest BCUT2D eigenvalue weighted by Gasteiger charge is -2.15. The summed E-state index contributed by atoms with van der Waals surface area (Å²) < 4.78 is 11.3. The number of methoxy groups -OCH3 is 2. The van der Waals surface area contributed by atoms with E-state index < -0.39 is 0 Å². The number of carbonyl (C=O) groups is 1. The number of nitrogens with two attached hydrogens (primary N) is 1. The largest absolute Gasteiger partial charge is 0.493 e. The van der Waals surface area contributed by atoms with Crippen LogP contribution in [0.25, 0.3) is 32.6 Å². The molecule has 3 aromatic carbocycles. The molecule has 0 spiro atoms. The Bertz CT molecular complexity index is 1620. The Balaban J connectivity index is 1.58. The van der Waals surface area contributed by atoms with E-state index in [1.54, 1.807) is 14.2 Å². The van der Waals surface area contributed by atoms with Crippen LogP contribution >= 0.6 is 22.9 Å². The third kappa shape index (κ3) is 5.03. The van der Waals surface area contributed by atoms with E-state index in [-0.39, 0.29) is 5.91 Å². The fourth-order valence-electron chi connectivity index (χ4n) is 4.45. The molecule has 1 amide bonds. The normalized spacial score (nSPS) is 10.9. The molecule has 0 atom stereocenters. The predicted molar refractivity (Wildman–Crippen MR) is 155 cm³/mol. The Morgan fingerprint density at radius 3 is 2.50 bits per heavy atom. The van der Waals surface area contributed by atoms with Crippen molar-refractivity contribution in [1.29, 1.82) is 0 Å². The molecule has 5 aromatic rings. The van der Waals surface area contributed by atoms with E-state index in [1.165, 1.54) is 11.3 Å². The summed E-state index contributed by atoms with van der Waals surface area (Å²) in [5, 5.41) is 4.37. The van der Waals surface area contributed by atoms with Gasteiger partial charge in [-0.1, -0.05) is 66.2 Å². The molecule has 38 heavy (non-hydrogen) atoms. The van der Waals surface area contributed by atoms with E-state index in [1.807, 2.05) is 78.9 Å². The van der Waals surface area contributed by atoms with Gasteiger partial charge in [0.1, 0.15) is 9.71 Å². The van der Waals surface area contributed by atoms with Gasteiger partial charge in [0.05, 0.1) is 25.6 Å². The molecule has 0 aliphatic carbocycles. The number of benzene rings is 3. The minimum Gasteiger partial charge on any atom is -0.493 e. The second-order valence-corrected chi connectivity index (χ2v) is 10.1. The van der Waals surface area contributed by atoms with Crippen molar-refractivity contribution < 1.29 is 14.3 Å². The summed E-state index contributed by atoms with van der Waals surface area (Å²) in [6.07, 6.45) is 0.653. The van der Waals surface area contributed by atoms with Gasteiger partial charge in [0.2, 0.25) is 0 Å². The van der Waals surface area contributed by atoms with Crippen LogP contribution in [0.1, 0.15) is 15.2 Å². The SMILES string of the molecule is COc1cccc(-c2cc(-c3ccccc3)nc3sc(C(=O)NCCc4cccc(Cl)c4)c(N)c23)c1OC. The quantitative estimate of drug-likeness (QED) is 0.223. The molecule has 6 nitrogen and oxygen atoms in total. The fraction of sp³-hybridized carbons (Fsp3) is 0.133. The van der Waals surface area contributed by atoms with E-state index in [2.05, 4.69) is 5.32 Å². The molecule has 0 bridgehead atoms. The Hall–Kier alpha value is -4.07. The molecule has 3 N–H and O–H groups in total. The smallest absolute Gasteiger partial charge is 0.263 e. The van der Waals surface area contributed by atoms with Crippen LogP contribution in [-0.4, -0.2) is 31.7 Å². The molecule has 0 radical (unpaired) electrons. The molecule has 2 aromatic heterocycles. The zero-order valence-electron chi connectivity index (χ0n) is 21.0. The third-order valence-electron chi connectivity index (χ3n) is 6.26. The van der Waals surface area contributed by atoms with Crippen LogP contribution in [0.15, 0.2) is 78.9 Å². The number of fused-ring (bicyclic) bond motifs is 1. The van der Waals surface area contributed by atoms with Gasteiger partial charge in [-0.3, -0.25) is 4.79 Å². The Morgan fingerprint density at radius 1 is 0.974 bits per heavy atom. The number of nitrogens with one attached hydrogen (secondary N) is 1. The lowest BCUT2D eigenvalue weighted by molar-refractivity contribution is 0.0959. The maximum Gasteiger partial charge on any atom is 0.263 e. The number of anilines is 1. The number of thiophene rings is 1. The number of amides is 1. The third-order valence-corrected chi connectivity index (χ3v) is 7.59. The van der Waals surface area contributed by atoms with Crippen molar-refractivity contribution in [3.8, 4) is 33.9 Å². The molecular weight excluding hydrogens is 518 g/mol. The van der Waals surface area contributed by atoms with Crippen LogP contribution in [0, 0.1) is 0 Å².